The number of nitro groups is 1. The van der Waals surface area contributed by atoms with E-state index >= 15 is 0 Å². The van der Waals surface area contributed by atoms with E-state index in [9.17, 15) is 42.0 Å². The van der Waals surface area contributed by atoms with Crippen LogP contribution in [0.5, 0.6) is 0 Å². The molecule has 8 nitrogen and oxygen atoms in total. The summed E-state index contributed by atoms with van der Waals surface area (Å²) in [5.74, 6) is -2.62. The average Bonchev–Trinajstić information content (AvgIpc) is 3.12. The van der Waals surface area contributed by atoms with E-state index < -0.39 is 51.8 Å². The Bertz CT molecular complexity index is 1260. The Morgan fingerprint density at radius 2 is 1.91 bits per heavy atom. The Kier molecular flexibility index (Phi) is 7.10. The van der Waals surface area contributed by atoms with E-state index in [0.717, 1.165) is 11.8 Å². The number of imidazole rings is 1. The second-order valence-electron chi connectivity index (χ2n) is 7.67. The summed E-state index contributed by atoms with van der Waals surface area (Å²) in [7, 11) is 0. The Hall–Kier alpha value is -3.29. The van der Waals surface area contributed by atoms with Crippen LogP contribution in [0.3, 0.4) is 0 Å². The van der Waals surface area contributed by atoms with Crippen molar-refractivity contribution in [2.75, 3.05) is 0 Å². The molecule has 0 aliphatic rings. The van der Waals surface area contributed by atoms with Crippen LogP contribution in [0.25, 0.3) is 11.0 Å². The lowest BCUT2D eigenvalue weighted by Crippen LogP contribution is -2.21. The van der Waals surface area contributed by atoms with Crippen LogP contribution in [-0.2, 0) is 18.3 Å². The zero-order valence-corrected chi connectivity index (χ0v) is 18.4. The van der Waals surface area contributed by atoms with Gasteiger partial charge in [-0.15, -0.1) is 0 Å². The number of rotatable bonds is 8. The third-order valence-corrected chi connectivity index (χ3v) is 5.65. The molecule has 0 saturated carbocycles. The number of carbonyl (C=O) groups is 1. The summed E-state index contributed by atoms with van der Waals surface area (Å²) in [6, 6.07) is 3.78. The van der Waals surface area contributed by atoms with Gasteiger partial charge in [0.15, 0.2) is 5.16 Å². The number of aromatic nitrogens is 3. The van der Waals surface area contributed by atoms with Crippen LogP contribution >= 0.6 is 11.8 Å². The molecule has 34 heavy (non-hydrogen) atoms. The first-order valence-corrected chi connectivity index (χ1v) is 10.7. The topological polar surface area (TPSA) is 122 Å². The molecule has 14 heteroatoms. The minimum absolute atomic E-state index is 0.105. The lowest BCUT2D eigenvalue weighted by molar-refractivity contribution is -0.384. The van der Waals surface area contributed by atoms with Crippen LogP contribution in [0, 0.1) is 16.0 Å². The van der Waals surface area contributed by atoms with Crippen LogP contribution in [-0.4, -0.2) is 31.0 Å². The molecular weight excluding hydrogens is 487 g/mol. The lowest BCUT2D eigenvalue weighted by Gasteiger charge is -2.21. The fourth-order valence-electron chi connectivity index (χ4n) is 3.41. The molecule has 0 spiro atoms. The van der Waals surface area contributed by atoms with Crippen molar-refractivity contribution >= 4 is 34.5 Å². The van der Waals surface area contributed by atoms with Crippen molar-refractivity contribution in [2.24, 2.45) is 5.92 Å². The van der Waals surface area contributed by atoms with Crippen LogP contribution in [0.15, 0.2) is 23.4 Å². The quantitative estimate of drug-likeness (QED) is 0.167. The van der Waals surface area contributed by atoms with E-state index in [1.165, 1.54) is 18.2 Å². The summed E-state index contributed by atoms with van der Waals surface area (Å²) < 4.78 is 68.4. The molecule has 0 saturated heterocycles. The highest BCUT2D eigenvalue weighted by molar-refractivity contribution is 7.98. The van der Waals surface area contributed by atoms with Crippen molar-refractivity contribution in [3.05, 3.63) is 56.4 Å². The van der Waals surface area contributed by atoms with Gasteiger partial charge in [-0.3, -0.25) is 10.1 Å². The zero-order chi connectivity index (χ0) is 25.4. The molecule has 2 N–H and O–H groups in total. The summed E-state index contributed by atoms with van der Waals surface area (Å²) >= 11 is 0.763. The van der Waals surface area contributed by atoms with Crippen molar-refractivity contribution in [2.45, 2.75) is 43.8 Å². The summed E-state index contributed by atoms with van der Waals surface area (Å²) in [6.07, 6.45) is -8.84. The monoisotopic (exact) mass is 504 g/mol. The van der Waals surface area contributed by atoms with Gasteiger partial charge in [-0.25, -0.2) is 23.5 Å². The van der Waals surface area contributed by atoms with Gasteiger partial charge in [-0.2, -0.15) is 13.2 Å². The highest BCUT2D eigenvalue weighted by Crippen LogP contribution is 2.40. The molecule has 0 aliphatic carbocycles. The molecule has 0 aliphatic heterocycles. The van der Waals surface area contributed by atoms with E-state index in [-0.39, 0.29) is 34.3 Å². The van der Waals surface area contributed by atoms with Crippen molar-refractivity contribution in [3.8, 4) is 0 Å². The zero-order valence-electron chi connectivity index (χ0n) is 17.6. The number of pyridine rings is 1. The number of nitrogens with one attached hydrogen (secondary N) is 1. The number of non-ortho nitro benzene ring substituents is 1. The summed E-state index contributed by atoms with van der Waals surface area (Å²) in [6.45, 7) is 3.23. The largest absolute Gasteiger partial charge is 0.478 e. The maximum atomic E-state index is 13.8. The van der Waals surface area contributed by atoms with Crippen LogP contribution in [0.2, 0.25) is 0 Å². The van der Waals surface area contributed by atoms with E-state index in [1.807, 2.05) is 0 Å². The average molecular weight is 504 g/mol. The number of fused-ring (bicyclic) bond motifs is 1. The number of aromatic carboxylic acids is 1. The van der Waals surface area contributed by atoms with Gasteiger partial charge >= 0.3 is 12.1 Å². The van der Waals surface area contributed by atoms with Gasteiger partial charge < -0.3 is 10.1 Å². The van der Waals surface area contributed by atoms with E-state index in [4.69, 9.17) is 0 Å². The summed E-state index contributed by atoms with van der Waals surface area (Å²) in [5, 5.41) is 20.6. The normalized spacial score (nSPS) is 12.1. The minimum atomic E-state index is -5.11. The predicted octanol–water partition coefficient (Wildman–Crippen LogP) is 6.01. The fourth-order valence-corrected chi connectivity index (χ4v) is 4.35. The number of nitro benzene ring substituents is 1. The Balaban J connectivity index is 2.13. The van der Waals surface area contributed by atoms with Crippen LogP contribution < -0.4 is 0 Å². The molecule has 2 heterocycles. The lowest BCUT2D eigenvalue weighted by atomic mass is 9.91. The van der Waals surface area contributed by atoms with Gasteiger partial charge in [0, 0.05) is 17.9 Å². The second kappa shape index (κ2) is 9.52. The number of carboxylic acids is 1. The molecule has 0 unspecified atom stereocenters. The van der Waals surface area contributed by atoms with E-state index in [1.54, 1.807) is 13.8 Å². The maximum absolute atomic E-state index is 13.8. The molecule has 1 aromatic carbocycles. The van der Waals surface area contributed by atoms with E-state index in [0.29, 0.717) is 5.52 Å². The number of benzene rings is 1. The third-order valence-electron chi connectivity index (χ3n) is 4.75. The first kappa shape index (κ1) is 25.3. The van der Waals surface area contributed by atoms with Crippen LogP contribution in [0.1, 0.15) is 53.1 Å². The first-order valence-electron chi connectivity index (χ1n) is 9.70. The molecule has 0 fully saturated rings. The number of nitrogens with zero attached hydrogens (tertiary/aromatic N) is 3. The number of thioether (sulfide) groups is 1. The Morgan fingerprint density at radius 1 is 1.24 bits per heavy atom. The Morgan fingerprint density at radius 3 is 2.44 bits per heavy atom. The summed E-state index contributed by atoms with van der Waals surface area (Å²) in [4.78, 5) is 32.1. The molecule has 0 radical (unpaired) electrons. The third kappa shape index (κ3) is 5.26. The number of hydrogen-bond donors (Lipinski definition) is 2. The number of H-pyrrole nitrogens is 1. The second-order valence-corrected chi connectivity index (χ2v) is 8.63. The highest BCUT2D eigenvalue weighted by Gasteiger charge is 2.40. The molecular formula is C20H17F5N4O4S. The van der Waals surface area contributed by atoms with Gasteiger partial charge in [-0.05, 0) is 29.5 Å². The summed E-state index contributed by atoms with van der Waals surface area (Å²) in [5.41, 5.74) is -4.46. The molecule has 0 bridgehead atoms. The number of halogens is 5. The predicted molar refractivity (Wildman–Crippen MR) is 112 cm³/mol. The number of hydrogen-bond acceptors (Lipinski definition) is 6. The molecule has 3 rings (SSSR count). The van der Waals surface area contributed by atoms with Gasteiger partial charge in [-0.1, -0.05) is 25.6 Å². The molecule has 2 aromatic heterocycles. The molecule has 3 aromatic rings. The van der Waals surface area contributed by atoms with Crippen molar-refractivity contribution in [1.82, 2.24) is 15.0 Å². The maximum Gasteiger partial charge on any atom is 0.433 e. The number of aromatic amines is 1. The van der Waals surface area contributed by atoms with Gasteiger partial charge in [0.2, 0.25) is 0 Å². The van der Waals surface area contributed by atoms with Crippen molar-refractivity contribution in [1.29, 1.82) is 0 Å². The molecule has 0 atom stereocenters. The molecule has 182 valence electrons. The highest BCUT2D eigenvalue weighted by atomic mass is 32.2. The van der Waals surface area contributed by atoms with Gasteiger partial charge in [0.05, 0.1) is 21.5 Å². The van der Waals surface area contributed by atoms with Gasteiger partial charge in [0.25, 0.3) is 12.1 Å². The van der Waals surface area contributed by atoms with E-state index in [2.05, 4.69) is 15.0 Å². The first-order chi connectivity index (χ1) is 15.8. The molecule has 0 amide bonds. The van der Waals surface area contributed by atoms with Gasteiger partial charge in [0.1, 0.15) is 11.4 Å². The smallest absolute Gasteiger partial charge is 0.433 e. The van der Waals surface area contributed by atoms with Crippen molar-refractivity contribution in [3.63, 3.8) is 0 Å². The van der Waals surface area contributed by atoms with Crippen LogP contribution in [0.4, 0.5) is 27.6 Å². The SMILES string of the molecule is CC(C)Cc1c(CSc2nc3ccc([N+](=O)[O-])cc3[nH]2)c(C(F)(F)F)nc(C(F)F)c1C(=O)O. The minimum Gasteiger partial charge on any atom is -0.478 e. The van der Waals surface area contributed by atoms with Crippen molar-refractivity contribution < 1.29 is 36.8 Å². The number of carboxylic acid groups (broad SMARTS) is 1. The Labute approximate surface area is 192 Å². The fraction of sp³-hybridized carbons (Fsp3) is 0.350. The standard InChI is InChI=1S/C20H17F5N4O4S/c1-8(2)5-10-11(16(20(23,24)25)28-15(17(21)22)14(10)18(30)31)7-34-19-26-12-4-3-9(29(32)33)6-13(12)27-19/h3-4,6,8,17H,5,7H2,1-2H3,(H,26,27)(H,30,31). The number of alkyl halides is 5.